The van der Waals surface area contributed by atoms with Crippen LogP contribution in [0.15, 0.2) is 54.6 Å². The van der Waals surface area contributed by atoms with Crippen molar-refractivity contribution in [1.29, 1.82) is 0 Å². The molecule has 2 fully saturated rings. The van der Waals surface area contributed by atoms with Crippen LogP contribution in [0.2, 0.25) is 0 Å². The summed E-state index contributed by atoms with van der Waals surface area (Å²) in [5, 5.41) is 12.5. The van der Waals surface area contributed by atoms with E-state index in [1.165, 1.54) is 0 Å². The van der Waals surface area contributed by atoms with E-state index in [1.54, 1.807) is 11.0 Å². The SMILES string of the molecule is O=C(NCc1ccccc1)c1cccc(C2CC2N(CC2CC2)C(=O)O)c1. The largest absolute Gasteiger partial charge is 0.465 e. The minimum absolute atomic E-state index is 0.0470. The van der Waals surface area contributed by atoms with Gasteiger partial charge < -0.3 is 15.3 Å². The van der Waals surface area contributed by atoms with Crippen LogP contribution in [-0.4, -0.2) is 34.6 Å². The van der Waals surface area contributed by atoms with Gasteiger partial charge in [0.1, 0.15) is 0 Å². The van der Waals surface area contributed by atoms with E-state index < -0.39 is 6.09 Å². The summed E-state index contributed by atoms with van der Waals surface area (Å²) in [5.41, 5.74) is 2.73. The number of benzene rings is 2. The number of hydrogen-bond acceptors (Lipinski definition) is 2. The van der Waals surface area contributed by atoms with Gasteiger partial charge in [-0.05, 0) is 48.4 Å². The van der Waals surface area contributed by atoms with Gasteiger partial charge in [-0.2, -0.15) is 0 Å². The quantitative estimate of drug-likeness (QED) is 0.784. The molecule has 0 saturated heterocycles. The Labute approximate surface area is 159 Å². The summed E-state index contributed by atoms with van der Waals surface area (Å²) >= 11 is 0. The standard InChI is InChI=1S/C22H24N2O3/c25-21(23-13-15-5-2-1-3-6-15)18-8-4-7-17(11-18)19-12-20(19)24(22(26)27)14-16-9-10-16/h1-8,11,16,19-20H,9-10,12-14H2,(H,23,25)(H,26,27). The van der Waals surface area contributed by atoms with Gasteiger partial charge >= 0.3 is 6.09 Å². The van der Waals surface area contributed by atoms with E-state index in [0.717, 1.165) is 30.4 Å². The van der Waals surface area contributed by atoms with Crippen LogP contribution in [0.3, 0.4) is 0 Å². The predicted molar refractivity (Wildman–Crippen MR) is 103 cm³/mol. The van der Waals surface area contributed by atoms with Crippen molar-refractivity contribution in [3.05, 3.63) is 71.3 Å². The summed E-state index contributed by atoms with van der Waals surface area (Å²) in [6.07, 6.45) is 2.29. The fraction of sp³-hybridized carbons (Fsp3) is 0.364. The van der Waals surface area contributed by atoms with Gasteiger partial charge in [-0.15, -0.1) is 0 Å². The Hall–Kier alpha value is -2.82. The van der Waals surface area contributed by atoms with Crippen LogP contribution in [-0.2, 0) is 6.54 Å². The zero-order chi connectivity index (χ0) is 18.8. The number of nitrogens with zero attached hydrogens (tertiary/aromatic N) is 1. The molecular formula is C22H24N2O3. The van der Waals surface area contributed by atoms with Crippen molar-refractivity contribution in [2.24, 2.45) is 5.92 Å². The Kier molecular flexibility index (Phi) is 4.84. The average molecular weight is 364 g/mol. The minimum atomic E-state index is -0.828. The Morgan fingerprint density at radius 2 is 1.85 bits per heavy atom. The molecule has 0 aromatic heterocycles. The van der Waals surface area contributed by atoms with E-state index in [2.05, 4.69) is 5.32 Å². The fourth-order valence-corrected chi connectivity index (χ4v) is 3.61. The maximum Gasteiger partial charge on any atom is 0.407 e. The lowest BCUT2D eigenvalue weighted by atomic mass is 10.1. The van der Waals surface area contributed by atoms with E-state index in [4.69, 9.17) is 0 Å². The molecule has 2 atom stereocenters. The number of carboxylic acid groups (broad SMARTS) is 1. The third-order valence-electron chi connectivity index (χ3n) is 5.43. The highest BCUT2D eigenvalue weighted by Crippen LogP contribution is 2.46. The molecular weight excluding hydrogens is 340 g/mol. The van der Waals surface area contributed by atoms with Gasteiger partial charge in [-0.3, -0.25) is 4.79 Å². The number of carbonyl (C=O) groups is 2. The van der Waals surface area contributed by atoms with Gasteiger partial charge in [0.25, 0.3) is 5.91 Å². The minimum Gasteiger partial charge on any atom is -0.465 e. The molecule has 2 N–H and O–H groups in total. The maximum atomic E-state index is 12.5. The molecule has 27 heavy (non-hydrogen) atoms. The number of carbonyl (C=O) groups excluding carboxylic acids is 1. The first-order valence-electron chi connectivity index (χ1n) is 9.53. The van der Waals surface area contributed by atoms with Gasteiger partial charge in [-0.1, -0.05) is 42.5 Å². The van der Waals surface area contributed by atoms with Crippen LogP contribution in [0.25, 0.3) is 0 Å². The predicted octanol–water partition coefficient (Wildman–Crippen LogP) is 3.86. The first kappa shape index (κ1) is 17.6. The fourth-order valence-electron chi connectivity index (χ4n) is 3.61. The maximum absolute atomic E-state index is 12.5. The molecule has 5 nitrogen and oxygen atoms in total. The first-order valence-corrected chi connectivity index (χ1v) is 9.53. The highest BCUT2D eigenvalue weighted by atomic mass is 16.4. The lowest BCUT2D eigenvalue weighted by Gasteiger charge is -2.19. The summed E-state index contributed by atoms with van der Waals surface area (Å²) in [7, 11) is 0. The molecule has 2 saturated carbocycles. The van der Waals surface area contributed by atoms with Crippen molar-refractivity contribution in [3.63, 3.8) is 0 Å². The average Bonchev–Trinajstić information content (AvgIpc) is 3.59. The molecule has 2 aromatic carbocycles. The molecule has 0 heterocycles. The second-order valence-electron chi connectivity index (χ2n) is 7.58. The Morgan fingerprint density at radius 1 is 1.07 bits per heavy atom. The highest BCUT2D eigenvalue weighted by molar-refractivity contribution is 5.94. The Balaban J connectivity index is 1.39. The molecule has 2 aliphatic carbocycles. The van der Waals surface area contributed by atoms with Crippen molar-refractivity contribution in [2.45, 2.75) is 37.8 Å². The normalized spacial score (nSPS) is 20.7. The van der Waals surface area contributed by atoms with Crippen molar-refractivity contribution in [2.75, 3.05) is 6.54 Å². The lowest BCUT2D eigenvalue weighted by molar-refractivity contribution is 0.0950. The second kappa shape index (κ2) is 7.43. The number of amides is 2. The van der Waals surface area contributed by atoms with Crippen molar-refractivity contribution in [1.82, 2.24) is 10.2 Å². The molecule has 2 aromatic rings. The van der Waals surface area contributed by atoms with Crippen LogP contribution in [0.5, 0.6) is 0 Å². The van der Waals surface area contributed by atoms with Crippen molar-refractivity contribution >= 4 is 12.0 Å². The van der Waals surface area contributed by atoms with Gasteiger partial charge in [0, 0.05) is 30.6 Å². The van der Waals surface area contributed by atoms with Crippen LogP contribution in [0.4, 0.5) is 4.79 Å². The molecule has 0 spiro atoms. The van der Waals surface area contributed by atoms with Crippen molar-refractivity contribution in [3.8, 4) is 0 Å². The topological polar surface area (TPSA) is 69.6 Å². The summed E-state index contributed by atoms with van der Waals surface area (Å²) in [6.45, 7) is 1.14. The van der Waals surface area contributed by atoms with Gasteiger partial charge in [0.05, 0.1) is 0 Å². The van der Waals surface area contributed by atoms with E-state index in [-0.39, 0.29) is 17.9 Å². The van der Waals surface area contributed by atoms with E-state index in [1.807, 2.05) is 48.5 Å². The highest BCUT2D eigenvalue weighted by Gasteiger charge is 2.46. The number of hydrogen-bond donors (Lipinski definition) is 2. The molecule has 4 rings (SSSR count). The molecule has 0 aliphatic heterocycles. The first-order chi connectivity index (χ1) is 13.1. The van der Waals surface area contributed by atoms with E-state index in [0.29, 0.717) is 24.6 Å². The number of rotatable bonds is 7. The number of nitrogens with one attached hydrogen (secondary N) is 1. The van der Waals surface area contributed by atoms with Crippen LogP contribution in [0, 0.1) is 5.92 Å². The molecule has 0 bridgehead atoms. The third kappa shape index (κ3) is 4.30. The van der Waals surface area contributed by atoms with Crippen molar-refractivity contribution < 1.29 is 14.7 Å². The Morgan fingerprint density at radius 3 is 2.56 bits per heavy atom. The Bertz CT molecular complexity index is 832. The molecule has 2 unspecified atom stereocenters. The summed E-state index contributed by atoms with van der Waals surface area (Å²) in [6, 6.07) is 17.4. The lowest BCUT2D eigenvalue weighted by Crippen LogP contribution is -2.34. The summed E-state index contributed by atoms with van der Waals surface area (Å²) in [5.74, 6) is 0.630. The van der Waals surface area contributed by atoms with E-state index >= 15 is 0 Å². The molecule has 5 heteroatoms. The monoisotopic (exact) mass is 364 g/mol. The zero-order valence-electron chi connectivity index (χ0n) is 15.2. The van der Waals surface area contributed by atoms with Gasteiger partial charge in [-0.25, -0.2) is 4.79 Å². The molecule has 2 aliphatic rings. The second-order valence-corrected chi connectivity index (χ2v) is 7.58. The summed E-state index contributed by atoms with van der Waals surface area (Å²) in [4.78, 5) is 25.7. The summed E-state index contributed by atoms with van der Waals surface area (Å²) < 4.78 is 0. The molecule has 2 amide bonds. The third-order valence-corrected chi connectivity index (χ3v) is 5.43. The van der Waals surface area contributed by atoms with Gasteiger partial charge in [0.15, 0.2) is 0 Å². The molecule has 140 valence electrons. The van der Waals surface area contributed by atoms with Gasteiger partial charge in [0.2, 0.25) is 0 Å². The molecule has 0 radical (unpaired) electrons. The van der Waals surface area contributed by atoms with Crippen LogP contribution >= 0.6 is 0 Å². The van der Waals surface area contributed by atoms with Crippen LogP contribution < -0.4 is 5.32 Å². The van der Waals surface area contributed by atoms with Crippen LogP contribution in [0.1, 0.15) is 46.7 Å². The smallest absolute Gasteiger partial charge is 0.407 e. The van der Waals surface area contributed by atoms with E-state index in [9.17, 15) is 14.7 Å². The zero-order valence-corrected chi connectivity index (χ0v) is 15.2.